The molecule has 0 saturated heterocycles. The smallest absolute Gasteiger partial charge is 0.160 e. The van der Waals surface area contributed by atoms with E-state index in [2.05, 4.69) is 235 Å². The van der Waals surface area contributed by atoms with Crippen LogP contribution in [-0.2, 0) is 0 Å². The Bertz CT molecular complexity index is 3890. The van der Waals surface area contributed by atoms with Gasteiger partial charge in [0.1, 0.15) is 0 Å². The van der Waals surface area contributed by atoms with Gasteiger partial charge in [-0.15, -0.1) is 0 Å². The van der Waals surface area contributed by atoms with Crippen LogP contribution in [0.15, 0.2) is 231 Å². The van der Waals surface area contributed by atoms with Crippen molar-refractivity contribution in [2.45, 2.75) is 0 Å². The third-order valence-electron chi connectivity index (χ3n) is 12.9. The molecule has 0 unspecified atom stereocenters. The SMILES string of the molecule is c1ccc(-c2nc3ccc(-c4ccc(-c5nc(-c6ccc7ccccc7c6)cc(-c6ccc7ccccc7c6)n5)cc4)cc3c3cc4c5ccccc5n(-c5ccccc5)c4cc23)cc1. The molecule has 0 aliphatic heterocycles. The topological polar surface area (TPSA) is 43.6 Å². The maximum Gasteiger partial charge on any atom is 0.160 e. The molecule has 65 heavy (non-hydrogen) atoms. The molecule has 0 aliphatic carbocycles. The Morgan fingerprint density at radius 2 is 0.846 bits per heavy atom. The summed E-state index contributed by atoms with van der Waals surface area (Å²) in [6.07, 6.45) is 0. The summed E-state index contributed by atoms with van der Waals surface area (Å²) >= 11 is 0. The van der Waals surface area contributed by atoms with Gasteiger partial charge in [0, 0.05) is 49.5 Å². The van der Waals surface area contributed by atoms with Crippen molar-refractivity contribution in [3.8, 4) is 62.0 Å². The van der Waals surface area contributed by atoms with Gasteiger partial charge in [-0.1, -0.05) is 170 Å². The van der Waals surface area contributed by atoms with Gasteiger partial charge in [-0.2, -0.15) is 0 Å². The lowest BCUT2D eigenvalue weighted by molar-refractivity contribution is 1.18. The van der Waals surface area contributed by atoms with Gasteiger partial charge in [-0.25, -0.2) is 15.0 Å². The van der Waals surface area contributed by atoms with Crippen LogP contribution in [-0.4, -0.2) is 19.5 Å². The number of benzene rings is 10. The number of para-hydroxylation sites is 2. The van der Waals surface area contributed by atoms with Crippen LogP contribution in [0.4, 0.5) is 0 Å². The van der Waals surface area contributed by atoms with Crippen LogP contribution in [0.5, 0.6) is 0 Å². The Hall–Kier alpha value is -8.73. The van der Waals surface area contributed by atoms with Crippen molar-refractivity contribution in [2.24, 2.45) is 0 Å². The Labute approximate surface area is 375 Å². The summed E-state index contributed by atoms with van der Waals surface area (Å²) in [5.41, 5.74) is 13.6. The van der Waals surface area contributed by atoms with Crippen LogP contribution in [0.1, 0.15) is 0 Å². The lowest BCUT2D eigenvalue weighted by Crippen LogP contribution is -1.96. The minimum Gasteiger partial charge on any atom is -0.309 e. The van der Waals surface area contributed by atoms with Gasteiger partial charge in [-0.3, -0.25) is 0 Å². The maximum atomic E-state index is 5.40. The zero-order valence-electron chi connectivity index (χ0n) is 35.2. The molecule has 4 heteroatoms. The molecule has 3 aromatic heterocycles. The van der Waals surface area contributed by atoms with Crippen LogP contribution < -0.4 is 0 Å². The molecule has 4 nitrogen and oxygen atoms in total. The van der Waals surface area contributed by atoms with Crippen LogP contribution >= 0.6 is 0 Å². The lowest BCUT2D eigenvalue weighted by atomic mass is 9.95. The van der Waals surface area contributed by atoms with Crippen molar-refractivity contribution in [3.05, 3.63) is 231 Å². The van der Waals surface area contributed by atoms with Crippen molar-refractivity contribution < 1.29 is 0 Å². The molecule has 0 saturated carbocycles. The molecule has 3 heterocycles. The van der Waals surface area contributed by atoms with E-state index in [0.717, 1.165) is 78.0 Å². The van der Waals surface area contributed by atoms with E-state index in [1.54, 1.807) is 0 Å². The molecule has 0 amide bonds. The van der Waals surface area contributed by atoms with Crippen LogP contribution in [0.25, 0.3) is 127 Å². The van der Waals surface area contributed by atoms with Crippen molar-refractivity contribution in [3.63, 3.8) is 0 Å². The molecule has 0 spiro atoms. The largest absolute Gasteiger partial charge is 0.309 e. The summed E-state index contributed by atoms with van der Waals surface area (Å²) in [4.78, 5) is 15.9. The van der Waals surface area contributed by atoms with Crippen LogP contribution in [0.3, 0.4) is 0 Å². The first-order valence-corrected chi connectivity index (χ1v) is 22.1. The minimum absolute atomic E-state index is 0.686. The monoisotopic (exact) mass is 826 g/mol. The van der Waals surface area contributed by atoms with E-state index in [-0.39, 0.29) is 0 Å². The standard InChI is InChI=1S/C61H38N4/c1-3-15-42(16-4-1)60-54-37-59-53(50-21-11-12-22-58(50)65(59)49-19-5-2-6-20-49)36-51(54)52-35-46(31-32-55(52)62-60)41-23-27-43(28-24-41)61-63-56(47-29-25-39-13-7-9-17-44(39)33-47)38-57(64-61)48-30-26-40-14-8-10-18-45(40)34-48/h1-38H. The molecule has 0 radical (unpaired) electrons. The number of pyridine rings is 1. The number of fused-ring (bicyclic) bond motifs is 8. The first kappa shape index (κ1) is 36.9. The highest BCUT2D eigenvalue weighted by molar-refractivity contribution is 6.20. The summed E-state index contributed by atoms with van der Waals surface area (Å²) in [6.45, 7) is 0. The third-order valence-corrected chi connectivity index (χ3v) is 12.9. The van der Waals surface area contributed by atoms with Gasteiger partial charge in [0.25, 0.3) is 0 Å². The van der Waals surface area contributed by atoms with Crippen molar-refractivity contribution in [1.29, 1.82) is 0 Å². The summed E-state index contributed by atoms with van der Waals surface area (Å²) in [6, 6.07) is 82.2. The van der Waals surface area contributed by atoms with E-state index in [1.165, 1.54) is 43.2 Å². The first-order chi connectivity index (χ1) is 32.2. The summed E-state index contributed by atoms with van der Waals surface area (Å²) < 4.78 is 2.38. The van der Waals surface area contributed by atoms with Gasteiger partial charge < -0.3 is 4.57 Å². The van der Waals surface area contributed by atoms with Crippen LogP contribution in [0, 0.1) is 0 Å². The average Bonchev–Trinajstić information content (AvgIpc) is 3.71. The zero-order chi connectivity index (χ0) is 42.8. The van der Waals surface area contributed by atoms with Gasteiger partial charge >= 0.3 is 0 Å². The van der Waals surface area contributed by atoms with E-state index >= 15 is 0 Å². The minimum atomic E-state index is 0.686. The summed E-state index contributed by atoms with van der Waals surface area (Å²) in [5, 5.41) is 10.6. The highest BCUT2D eigenvalue weighted by atomic mass is 15.0. The maximum absolute atomic E-state index is 5.40. The molecular formula is C61H38N4. The summed E-state index contributed by atoms with van der Waals surface area (Å²) in [5.74, 6) is 0.686. The highest BCUT2D eigenvalue weighted by Crippen LogP contribution is 2.41. The fraction of sp³-hybridized carbons (Fsp3) is 0. The van der Waals surface area contributed by atoms with Crippen molar-refractivity contribution in [1.82, 2.24) is 19.5 Å². The van der Waals surface area contributed by atoms with E-state index in [1.807, 2.05) is 0 Å². The fourth-order valence-corrected chi connectivity index (χ4v) is 9.70. The van der Waals surface area contributed by atoms with E-state index in [4.69, 9.17) is 15.0 Å². The zero-order valence-corrected chi connectivity index (χ0v) is 35.2. The first-order valence-electron chi connectivity index (χ1n) is 22.1. The molecular weight excluding hydrogens is 789 g/mol. The fourth-order valence-electron chi connectivity index (χ4n) is 9.70. The molecule has 0 bridgehead atoms. The quantitative estimate of drug-likeness (QED) is 0.157. The molecule has 0 N–H and O–H groups in total. The number of hydrogen-bond donors (Lipinski definition) is 0. The summed E-state index contributed by atoms with van der Waals surface area (Å²) in [7, 11) is 0. The van der Waals surface area contributed by atoms with Crippen LogP contribution in [0.2, 0.25) is 0 Å². The predicted octanol–water partition coefficient (Wildman–Crippen LogP) is 15.9. The number of hydrogen-bond acceptors (Lipinski definition) is 3. The lowest BCUT2D eigenvalue weighted by Gasteiger charge is -2.14. The molecule has 13 aromatic rings. The van der Waals surface area contributed by atoms with E-state index in [0.29, 0.717) is 5.82 Å². The Morgan fingerprint density at radius 1 is 0.277 bits per heavy atom. The molecule has 302 valence electrons. The van der Waals surface area contributed by atoms with Gasteiger partial charge in [0.05, 0.1) is 33.6 Å². The Morgan fingerprint density at radius 3 is 1.54 bits per heavy atom. The molecule has 0 aliphatic rings. The average molecular weight is 827 g/mol. The van der Waals surface area contributed by atoms with Gasteiger partial charge in [-0.05, 0) is 98.7 Å². The van der Waals surface area contributed by atoms with Crippen molar-refractivity contribution in [2.75, 3.05) is 0 Å². The second-order valence-electron chi connectivity index (χ2n) is 16.8. The van der Waals surface area contributed by atoms with Gasteiger partial charge in [0.2, 0.25) is 0 Å². The van der Waals surface area contributed by atoms with E-state index in [9.17, 15) is 0 Å². The normalized spacial score (nSPS) is 11.7. The van der Waals surface area contributed by atoms with E-state index < -0.39 is 0 Å². The third kappa shape index (κ3) is 6.34. The second kappa shape index (κ2) is 15.0. The highest BCUT2D eigenvalue weighted by Gasteiger charge is 2.19. The molecule has 0 fully saturated rings. The molecule has 13 rings (SSSR count). The number of nitrogens with zero attached hydrogens (tertiary/aromatic N) is 4. The Kier molecular flexibility index (Phi) is 8.50. The molecule has 10 aromatic carbocycles. The number of aromatic nitrogens is 4. The molecule has 0 atom stereocenters. The Balaban J connectivity index is 0.955. The second-order valence-corrected chi connectivity index (χ2v) is 16.8. The number of rotatable bonds is 6. The van der Waals surface area contributed by atoms with Crippen molar-refractivity contribution >= 4 is 65.0 Å². The van der Waals surface area contributed by atoms with Gasteiger partial charge in [0.15, 0.2) is 5.82 Å². The predicted molar refractivity (Wildman–Crippen MR) is 271 cm³/mol.